The molecule has 5 heteroatoms. The molecule has 1 amide bonds. The van der Waals surface area contributed by atoms with E-state index in [0.717, 1.165) is 30.8 Å². The van der Waals surface area contributed by atoms with Crippen LogP contribution in [0.4, 0.5) is 0 Å². The van der Waals surface area contributed by atoms with Crippen molar-refractivity contribution in [2.75, 3.05) is 19.7 Å². The molecule has 1 aromatic carbocycles. The van der Waals surface area contributed by atoms with Crippen LogP contribution >= 0.6 is 0 Å². The minimum atomic E-state index is -0.456. The van der Waals surface area contributed by atoms with Crippen molar-refractivity contribution in [2.24, 2.45) is 5.41 Å². The van der Waals surface area contributed by atoms with E-state index in [1.165, 1.54) is 70.6 Å². The number of carbonyl (C=O) groups excluding carboxylic acids is 2. The van der Waals surface area contributed by atoms with Crippen LogP contribution in [0.1, 0.15) is 130 Å². The fourth-order valence-electron chi connectivity index (χ4n) is 4.73. The van der Waals surface area contributed by atoms with Crippen LogP contribution in [0.25, 0.3) is 6.08 Å². The van der Waals surface area contributed by atoms with Crippen molar-refractivity contribution in [1.29, 1.82) is 0 Å². The van der Waals surface area contributed by atoms with E-state index < -0.39 is 5.41 Å². The standard InChI is InChI=1S/C34H55NO4/c1-5-7-8-9-10-11-12-13-14-15-16-17-28-38-30-21-18-29(19-22-30)20-23-32(36)35-26-24-31(25-27-35)39-33(37)34(3,4)6-2/h18-23,31H,5-17,24-28H2,1-4H3/b23-20+. The number of likely N-dealkylation sites (tertiary alicyclic amines) is 1. The van der Waals surface area contributed by atoms with Gasteiger partial charge in [0.25, 0.3) is 0 Å². The fourth-order valence-corrected chi connectivity index (χ4v) is 4.73. The second-order valence-corrected chi connectivity index (χ2v) is 11.8. The van der Waals surface area contributed by atoms with Crippen molar-refractivity contribution in [3.63, 3.8) is 0 Å². The minimum Gasteiger partial charge on any atom is -0.494 e. The molecule has 0 atom stereocenters. The third-order valence-electron chi connectivity index (χ3n) is 8.03. The monoisotopic (exact) mass is 541 g/mol. The highest BCUT2D eigenvalue weighted by molar-refractivity contribution is 5.91. The van der Waals surface area contributed by atoms with E-state index >= 15 is 0 Å². The molecule has 2 rings (SSSR count). The van der Waals surface area contributed by atoms with Gasteiger partial charge in [0, 0.05) is 32.0 Å². The maximum atomic E-state index is 12.6. The van der Waals surface area contributed by atoms with Gasteiger partial charge in [-0.05, 0) is 50.5 Å². The quantitative estimate of drug-likeness (QED) is 0.0998. The van der Waals surface area contributed by atoms with Gasteiger partial charge in [-0.2, -0.15) is 0 Å². The molecular weight excluding hydrogens is 486 g/mol. The average Bonchev–Trinajstić information content (AvgIpc) is 2.95. The normalized spacial score (nSPS) is 14.6. The highest BCUT2D eigenvalue weighted by atomic mass is 16.5. The summed E-state index contributed by atoms with van der Waals surface area (Å²) < 4.78 is 11.6. The van der Waals surface area contributed by atoms with E-state index in [-0.39, 0.29) is 18.0 Å². The van der Waals surface area contributed by atoms with Gasteiger partial charge in [-0.15, -0.1) is 0 Å². The molecular formula is C34H55NO4. The lowest BCUT2D eigenvalue weighted by Gasteiger charge is -2.33. The van der Waals surface area contributed by atoms with E-state index in [1.807, 2.05) is 56.0 Å². The molecule has 0 bridgehead atoms. The molecule has 1 fully saturated rings. The van der Waals surface area contributed by atoms with Crippen LogP contribution < -0.4 is 4.74 Å². The Morgan fingerprint density at radius 1 is 0.846 bits per heavy atom. The second kappa shape index (κ2) is 18.9. The van der Waals surface area contributed by atoms with E-state index in [2.05, 4.69) is 6.92 Å². The zero-order valence-electron chi connectivity index (χ0n) is 25.3. The van der Waals surface area contributed by atoms with E-state index in [1.54, 1.807) is 6.08 Å². The lowest BCUT2D eigenvalue weighted by molar-refractivity contribution is -0.162. The largest absolute Gasteiger partial charge is 0.494 e. The predicted octanol–water partition coefficient (Wildman–Crippen LogP) is 8.75. The zero-order valence-corrected chi connectivity index (χ0v) is 25.3. The van der Waals surface area contributed by atoms with Crippen molar-refractivity contribution >= 4 is 18.0 Å². The first kappa shape index (κ1) is 32.9. The van der Waals surface area contributed by atoms with Gasteiger partial charge < -0.3 is 14.4 Å². The topological polar surface area (TPSA) is 55.8 Å². The maximum absolute atomic E-state index is 12.6. The minimum absolute atomic E-state index is 0.000893. The number of hydrogen-bond acceptors (Lipinski definition) is 4. The zero-order chi connectivity index (χ0) is 28.3. The number of nitrogens with zero attached hydrogens (tertiary/aromatic N) is 1. The molecule has 0 spiro atoms. The summed E-state index contributed by atoms with van der Waals surface area (Å²) in [5.41, 5.74) is 0.523. The molecule has 0 radical (unpaired) electrons. The number of hydrogen-bond donors (Lipinski definition) is 0. The Morgan fingerprint density at radius 3 is 1.92 bits per heavy atom. The van der Waals surface area contributed by atoms with E-state index in [0.29, 0.717) is 25.9 Å². The third-order valence-corrected chi connectivity index (χ3v) is 8.03. The second-order valence-electron chi connectivity index (χ2n) is 11.8. The third kappa shape index (κ3) is 13.6. The molecule has 0 saturated carbocycles. The van der Waals surface area contributed by atoms with Gasteiger partial charge in [-0.1, -0.05) is 96.6 Å². The number of rotatable bonds is 19. The molecule has 1 saturated heterocycles. The van der Waals surface area contributed by atoms with Crippen molar-refractivity contribution in [1.82, 2.24) is 4.90 Å². The Labute approximate surface area is 238 Å². The molecule has 0 unspecified atom stereocenters. The first-order valence-corrected chi connectivity index (χ1v) is 15.8. The van der Waals surface area contributed by atoms with Crippen LogP contribution in [-0.2, 0) is 14.3 Å². The van der Waals surface area contributed by atoms with Gasteiger partial charge in [0.2, 0.25) is 5.91 Å². The summed E-state index contributed by atoms with van der Waals surface area (Å²) >= 11 is 0. The summed E-state index contributed by atoms with van der Waals surface area (Å²) in [6.45, 7) is 10.1. The van der Waals surface area contributed by atoms with Gasteiger partial charge in [0.1, 0.15) is 11.9 Å². The number of piperidine rings is 1. The van der Waals surface area contributed by atoms with Crippen molar-refractivity contribution < 1.29 is 19.1 Å². The number of esters is 1. The van der Waals surface area contributed by atoms with Gasteiger partial charge in [0.05, 0.1) is 12.0 Å². The van der Waals surface area contributed by atoms with Crippen LogP contribution in [0, 0.1) is 5.41 Å². The van der Waals surface area contributed by atoms with Crippen molar-refractivity contribution in [3.8, 4) is 5.75 Å². The Balaban J connectivity index is 1.55. The summed E-state index contributed by atoms with van der Waals surface area (Å²) in [5, 5.41) is 0. The Hall–Kier alpha value is -2.30. The number of carbonyl (C=O) groups is 2. The number of ether oxygens (including phenoxy) is 2. The fraction of sp³-hybridized carbons (Fsp3) is 0.706. The first-order valence-electron chi connectivity index (χ1n) is 15.8. The Bertz CT molecular complexity index is 837. The number of benzene rings is 1. The van der Waals surface area contributed by atoms with Crippen molar-refractivity contribution in [3.05, 3.63) is 35.9 Å². The highest BCUT2D eigenvalue weighted by Crippen LogP contribution is 2.25. The molecule has 1 heterocycles. The molecule has 0 N–H and O–H groups in total. The molecule has 5 nitrogen and oxygen atoms in total. The molecule has 1 aliphatic heterocycles. The lowest BCUT2D eigenvalue weighted by atomic mass is 9.90. The summed E-state index contributed by atoms with van der Waals surface area (Å²) in [4.78, 5) is 26.8. The van der Waals surface area contributed by atoms with Gasteiger partial charge in [-0.25, -0.2) is 0 Å². The van der Waals surface area contributed by atoms with Gasteiger partial charge in [0.15, 0.2) is 0 Å². The molecule has 39 heavy (non-hydrogen) atoms. The highest BCUT2D eigenvalue weighted by Gasteiger charge is 2.31. The summed E-state index contributed by atoms with van der Waals surface area (Å²) in [6, 6.07) is 7.93. The Kier molecular flexibility index (Phi) is 15.9. The first-order chi connectivity index (χ1) is 18.9. The Morgan fingerprint density at radius 2 is 1.38 bits per heavy atom. The SMILES string of the molecule is CCCCCCCCCCCCCCOc1ccc(/C=C/C(=O)N2CCC(OC(=O)C(C)(C)CC)CC2)cc1. The molecule has 1 aliphatic rings. The number of unbranched alkanes of at least 4 members (excludes halogenated alkanes) is 11. The lowest BCUT2D eigenvalue weighted by Crippen LogP contribution is -2.42. The number of amides is 1. The van der Waals surface area contributed by atoms with Crippen molar-refractivity contribution in [2.45, 2.75) is 130 Å². The van der Waals surface area contributed by atoms with E-state index in [4.69, 9.17) is 9.47 Å². The molecule has 220 valence electrons. The molecule has 0 aromatic heterocycles. The maximum Gasteiger partial charge on any atom is 0.311 e. The summed E-state index contributed by atoms with van der Waals surface area (Å²) in [5.74, 6) is 0.738. The predicted molar refractivity (Wildman–Crippen MR) is 162 cm³/mol. The van der Waals surface area contributed by atoms with Crippen LogP contribution in [0.3, 0.4) is 0 Å². The van der Waals surface area contributed by atoms with Gasteiger partial charge >= 0.3 is 5.97 Å². The molecule has 0 aliphatic carbocycles. The molecule has 1 aromatic rings. The smallest absolute Gasteiger partial charge is 0.311 e. The van der Waals surface area contributed by atoms with Crippen LogP contribution in [0.2, 0.25) is 0 Å². The average molecular weight is 542 g/mol. The van der Waals surface area contributed by atoms with Gasteiger partial charge in [-0.3, -0.25) is 9.59 Å². The van der Waals surface area contributed by atoms with E-state index in [9.17, 15) is 9.59 Å². The summed E-state index contributed by atoms with van der Waals surface area (Å²) in [7, 11) is 0. The van der Waals surface area contributed by atoms with Crippen LogP contribution in [0.5, 0.6) is 5.75 Å². The van der Waals surface area contributed by atoms with Crippen LogP contribution in [0.15, 0.2) is 30.3 Å². The summed E-state index contributed by atoms with van der Waals surface area (Å²) in [6.07, 6.45) is 21.6. The van der Waals surface area contributed by atoms with Crippen LogP contribution in [-0.4, -0.2) is 42.6 Å².